The van der Waals surface area contributed by atoms with Gasteiger partial charge in [-0.25, -0.2) is 4.79 Å². The summed E-state index contributed by atoms with van der Waals surface area (Å²) in [5.41, 5.74) is 0.294. The Morgan fingerprint density at radius 2 is 2.31 bits per heavy atom. The molecule has 0 saturated carbocycles. The first-order chi connectivity index (χ1) is 6.19. The molecule has 1 aromatic carbocycles. The van der Waals surface area contributed by atoms with Gasteiger partial charge in [-0.15, -0.1) is 0 Å². The number of hydrogen-bond donors (Lipinski definition) is 1. The first-order valence-electron chi connectivity index (χ1n) is 3.25. The van der Waals surface area contributed by atoms with Crippen LogP contribution in [0.25, 0.3) is 0 Å². The van der Waals surface area contributed by atoms with E-state index in [0.29, 0.717) is 5.75 Å². The Balaban J connectivity index is 3.23. The van der Waals surface area contributed by atoms with Crippen LogP contribution in [0.5, 0.6) is 5.75 Å². The summed E-state index contributed by atoms with van der Waals surface area (Å²) in [6.45, 7) is 0. The molecular weight excluding hydrogens is 285 g/mol. The molecule has 0 aliphatic carbocycles. The molecule has 4 nitrogen and oxygen atoms in total. The standard InChI is InChI=1S/C8H4INO3/c9-13-7-2-1-5(8(11)12)3-6(7)4-10/h1-3H,(H,11,12). The van der Waals surface area contributed by atoms with Crippen LogP contribution in [-0.2, 0) is 0 Å². The Morgan fingerprint density at radius 3 is 2.77 bits per heavy atom. The van der Waals surface area contributed by atoms with Gasteiger partial charge in [0, 0.05) is 0 Å². The normalized spacial score (nSPS) is 8.92. The molecule has 0 aromatic heterocycles. The molecule has 66 valence electrons. The highest BCUT2D eigenvalue weighted by Gasteiger charge is 2.08. The predicted molar refractivity (Wildman–Crippen MR) is 52.8 cm³/mol. The zero-order chi connectivity index (χ0) is 9.84. The molecule has 0 atom stereocenters. The van der Waals surface area contributed by atoms with Crippen molar-refractivity contribution >= 4 is 29.0 Å². The predicted octanol–water partition coefficient (Wildman–Crippen LogP) is 1.99. The van der Waals surface area contributed by atoms with Gasteiger partial charge < -0.3 is 8.17 Å². The summed E-state index contributed by atoms with van der Waals surface area (Å²) in [4.78, 5) is 10.5. The maximum absolute atomic E-state index is 10.5. The smallest absolute Gasteiger partial charge is 0.335 e. The van der Waals surface area contributed by atoms with Crippen molar-refractivity contribution in [3.63, 3.8) is 0 Å². The quantitative estimate of drug-likeness (QED) is 0.845. The average molecular weight is 289 g/mol. The fourth-order valence-electron chi connectivity index (χ4n) is 0.818. The Morgan fingerprint density at radius 1 is 1.62 bits per heavy atom. The van der Waals surface area contributed by atoms with E-state index in [1.165, 1.54) is 18.2 Å². The van der Waals surface area contributed by atoms with E-state index in [0.717, 1.165) is 0 Å². The minimum Gasteiger partial charge on any atom is -0.478 e. The number of carbonyl (C=O) groups is 1. The zero-order valence-corrected chi connectivity index (χ0v) is 8.48. The summed E-state index contributed by atoms with van der Waals surface area (Å²) in [6.07, 6.45) is 0. The summed E-state index contributed by atoms with van der Waals surface area (Å²) in [5, 5.41) is 17.2. The third kappa shape index (κ3) is 2.09. The van der Waals surface area contributed by atoms with Crippen molar-refractivity contribution in [3.05, 3.63) is 29.3 Å². The second-order valence-corrected chi connectivity index (χ2v) is 2.65. The van der Waals surface area contributed by atoms with Gasteiger partial charge in [-0.05, 0) is 18.2 Å². The van der Waals surface area contributed by atoms with Crippen LogP contribution in [0.1, 0.15) is 15.9 Å². The van der Waals surface area contributed by atoms with Crippen LogP contribution in [0.15, 0.2) is 18.2 Å². The van der Waals surface area contributed by atoms with Crippen LogP contribution in [0.2, 0.25) is 0 Å². The van der Waals surface area contributed by atoms with E-state index < -0.39 is 5.97 Å². The fraction of sp³-hybridized carbons (Fsp3) is 0. The molecule has 0 saturated heterocycles. The number of nitrogens with zero attached hydrogens (tertiary/aromatic N) is 1. The summed E-state index contributed by atoms with van der Waals surface area (Å²) in [7, 11) is 0. The number of benzene rings is 1. The third-order valence-corrected chi connectivity index (χ3v) is 1.90. The topological polar surface area (TPSA) is 70.3 Å². The van der Waals surface area contributed by atoms with Crippen molar-refractivity contribution in [1.29, 1.82) is 5.26 Å². The number of halogens is 1. The monoisotopic (exact) mass is 289 g/mol. The molecule has 0 bridgehead atoms. The van der Waals surface area contributed by atoms with E-state index >= 15 is 0 Å². The lowest BCUT2D eigenvalue weighted by Crippen LogP contribution is -1.96. The van der Waals surface area contributed by atoms with Crippen LogP contribution in [-0.4, -0.2) is 11.1 Å². The van der Waals surface area contributed by atoms with Gasteiger partial charge in [-0.2, -0.15) is 5.26 Å². The first kappa shape index (κ1) is 9.80. The third-order valence-electron chi connectivity index (χ3n) is 1.43. The van der Waals surface area contributed by atoms with Crippen LogP contribution in [0.3, 0.4) is 0 Å². The van der Waals surface area contributed by atoms with Crippen LogP contribution in [0, 0.1) is 11.3 Å². The van der Waals surface area contributed by atoms with Crippen LogP contribution >= 0.6 is 23.0 Å². The lowest BCUT2D eigenvalue weighted by atomic mass is 10.1. The fourth-order valence-corrected chi connectivity index (χ4v) is 1.20. The van der Waals surface area contributed by atoms with Crippen molar-refractivity contribution in [2.75, 3.05) is 0 Å². The van der Waals surface area contributed by atoms with Crippen molar-refractivity contribution in [2.24, 2.45) is 0 Å². The molecule has 1 N–H and O–H groups in total. The molecule has 5 heteroatoms. The van der Waals surface area contributed by atoms with Crippen molar-refractivity contribution in [3.8, 4) is 11.8 Å². The lowest BCUT2D eigenvalue weighted by molar-refractivity contribution is 0.0697. The SMILES string of the molecule is N#Cc1cc(C(=O)O)ccc1OI. The van der Waals surface area contributed by atoms with Gasteiger partial charge in [0.05, 0.1) is 11.1 Å². The van der Waals surface area contributed by atoms with E-state index in [1.54, 1.807) is 23.0 Å². The molecule has 0 fully saturated rings. The van der Waals surface area contributed by atoms with E-state index in [1.807, 2.05) is 6.07 Å². The highest BCUT2D eigenvalue weighted by atomic mass is 127. The van der Waals surface area contributed by atoms with Gasteiger partial charge in [0.2, 0.25) is 0 Å². The average Bonchev–Trinajstić information content (AvgIpc) is 2.16. The maximum atomic E-state index is 10.5. The summed E-state index contributed by atoms with van der Waals surface area (Å²) in [6, 6.07) is 5.96. The molecule has 13 heavy (non-hydrogen) atoms. The Hall–Kier alpha value is -1.29. The molecule has 0 unspecified atom stereocenters. The maximum Gasteiger partial charge on any atom is 0.335 e. The van der Waals surface area contributed by atoms with Crippen LogP contribution < -0.4 is 3.07 Å². The second-order valence-electron chi connectivity index (χ2n) is 2.21. The number of rotatable bonds is 2. The Kier molecular flexibility index (Phi) is 3.08. The molecule has 0 amide bonds. The molecule has 0 radical (unpaired) electrons. The summed E-state index contributed by atoms with van der Waals surface area (Å²) in [5.74, 6) is -0.690. The number of carboxylic acids is 1. The molecule has 0 aliphatic rings. The highest BCUT2D eigenvalue weighted by Crippen LogP contribution is 2.20. The van der Waals surface area contributed by atoms with E-state index in [2.05, 4.69) is 0 Å². The van der Waals surface area contributed by atoms with Gasteiger partial charge in [0.15, 0.2) is 28.8 Å². The van der Waals surface area contributed by atoms with Gasteiger partial charge >= 0.3 is 5.97 Å². The molecule has 0 aliphatic heterocycles. The molecule has 1 aromatic rings. The van der Waals surface area contributed by atoms with Crippen molar-refractivity contribution in [2.45, 2.75) is 0 Å². The van der Waals surface area contributed by atoms with Gasteiger partial charge in [-0.1, -0.05) is 0 Å². The minimum atomic E-state index is -1.06. The largest absolute Gasteiger partial charge is 0.478 e. The second kappa shape index (κ2) is 4.09. The van der Waals surface area contributed by atoms with E-state index in [9.17, 15) is 4.79 Å². The number of nitriles is 1. The van der Waals surface area contributed by atoms with Gasteiger partial charge in [0.1, 0.15) is 6.07 Å². The van der Waals surface area contributed by atoms with Crippen molar-refractivity contribution < 1.29 is 13.0 Å². The van der Waals surface area contributed by atoms with Gasteiger partial charge in [-0.3, -0.25) is 0 Å². The molecule has 0 heterocycles. The number of hydrogen-bond acceptors (Lipinski definition) is 3. The number of aromatic carboxylic acids is 1. The Bertz CT molecular complexity index is 383. The molecule has 0 spiro atoms. The lowest BCUT2D eigenvalue weighted by Gasteiger charge is -2.00. The van der Waals surface area contributed by atoms with Crippen molar-refractivity contribution in [1.82, 2.24) is 0 Å². The minimum absolute atomic E-state index is 0.0775. The summed E-state index contributed by atoms with van der Waals surface area (Å²) >= 11 is 1.63. The van der Waals surface area contributed by atoms with E-state index in [-0.39, 0.29) is 11.1 Å². The van der Waals surface area contributed by atoms with E-state index in [4.69, 9.17) is 13.4 Å². The van der Waals surface area contributed by atoms with Crippen LogP contribution in [0.4, 0.5) is 0 Å². The first-order valence-corrected chi connectivity index (χ1v) is 4.13. The molecule has 1 rings (SSSR count). The summed E-state index contributed by atoms with van der Waals surface area (Å²) < 4.78 is 4.83. The number of carboxylic acid groups (broad SMARTS) is 1. The Labute approximate surface area is 88.4 Å². The van der Waals surface area contributed by atoms with Gasteiger partial charge in [0.25, 0.3) is 0 Å². The zero-order valence-electron chi connectivity index (χ0n) is 6.32. The highest BCUT2D eigenvalue weighted by molar-refractivity contribution is 14.1. The molecular formula is C8H4INO3.